The minimum absolute atomic E-state index is 0.640. The van der Waals surface area contributed by atoms with Crippen molar-refractivity contribution in [1.82, 2.24) is 5.32 Å². The lowest BCUT2D eigenvalue weighted by atomic mass is 10.1. The van der Waals surface area contributed by atoms with Gasteiger partial charge < -0.3 is 15.8 Å². The van der Waals surface area contributed by atoms with Gasteiger partial charge >= 0.3 is 0 Å². The largest absolute Gasteiger partial charge is 0.381 e. The van der Waals surface area contributed by atoms with Gasteiger partial charge in [0.1, 0.15) is 0 Å². The van der Waals surface area contributed by atoms with E-state index < -0.39 is 0 Å². The van der Waals surface area contributed by atoms with Crippen LogP contribution in [0.15, 0.2) is 0 Å². The van der Waals surface area contributed by atoms with E-state index in [1.165, 1.54) is 12.8 Å². The molecule has 1 saturated heterocycles. The van der Waals surface area contributed by atoms with Crippen LogP contribution in [0.2, 0.25) is 0 Å². The summed E-state index contributed by atoms with van der Waals surface area (Å²) in [5.74, 6) is 0. The summed E-state index contributed by atoms with van der Waals surface area (Å²) in [5, 5.41) is 3.41. The average molecular weight is 158 g/mol. The zero-order valence-corrected chi connectivity index (χ0v) is 7.01. The molecule has 0 amide bonds. The van der Waals surface area contributed by atoms with Crippen LogP contribution in [0, 0.1) is 0 Å². The third-order valence-corrected chi connectivity index (χ3v) is 2.03. The van der Waals surface area contributed by atoms with Gasteiger partial charge in [-0.2, -0.15) is 0 Å². The van der Waals surface area contributed by atoms with E-state index in [0.29, 0.717) is 6.04 Å². The second-order valence-electron chi connectivity index (χ2n) is 2.98. The first-order valence-electron chi connectivity index (χ1n) is 4.44. The second kappa shape index (κ2) is 5.52. The maximum Gasteiger partial charge on any atom is 0.0480 e. The fourth-order valence-electron chi connectivity index (χ4n) is 1.40. The summed E-state index contributed by atoms with van der Waals surface area (Å²) in [4.78, 5) is 0. The highest BCUT2D eigenvalue weighted by molar-refractivity contribution is 4.68. The number of hydrogen-bond donors (Lipinski definition) is 2. The van der Waals surface area contributed by atoms with Gasteiger partial charge in [0.2, 0.25) is 0 Å². The quantitative estimate of drug-likeness (QED) is 0.612. The van der Waals surface area contributed by atoms with Gasteiger partial charge in [-0.25, -0.2) is 0 Å². The Kier molecular flexibility index (Phi) is 4.50. The highest BCUT2D eigenvalue weighted by Crippen LogP contribution is 2.07. The van der Waals surface area contributed by atoms with Crippen LogP contribution in [0.1, 0.15) is 19.3 Å². The molecule has 0 radical (unpaired) electrons. The van der Waals surface area contributed by atoms with Crippen LogP contribution in [0.5, 0.6) is 0 Å². The molecule has 0 aromatic heterocycles. The fourth-order valence-corrected chi connectivity index (χ4v) is 1.40. The topological polar surface area (TPSA) is 47.3 Å². The van der Waals surface area contributed by atoms with Gasteiger partial charge in [0.25, 0.3) is 0 Å². The number of ether oxygens (including phenoxy) is 1. The first-order chi connectivity index (χ1) is 5.43. The lowest BCUT2D eigenvalue weighted by Crippen LogP contribution is -2.33. The minimum atomic E-state index is 0.640. The minimum Gasteiger partial charge on any atom is -0.381 e. The molecule has 0 aliphatic carbocycles. The summed E-state index contributed by atoms with van der Waals surface area (Å²) < 4.78 is 5.33. The zero-order valence-electron chi connectivity index (χ0n) is 7.01. The number of nitrogens with one attached hydrogen (secondary N) is 1. The van der Waals surface area contributed by atoms with Crippen molar-refractivity contribution in [1.29, 1.82) is 0 Å². The van der Waals surface area contributed by atoms with Gasteiger partial charge in [-0.15, -0.1) is 0 Å². The highest BCUT2D eigenvalue weighted by atomic mass is 16.5. The zero-order chi connectivity index (χ0) is 7.94. The summed E-state index contributed by atoms with van der Waals surface area (Å²) in [6.45, 7) is 3.51. The second-order valence-corrected chi connectivity index (χ2v) is 2.98. The molecule has 1 heterocycles. The Bertz CT molecular complexity index is 90.1. The van der Waals surface area contributed by atoms with Crippen LogP contribution >= 0.6 is 0 Å². The van der Waals surface area contributed by atoms with Crippen molar-refractivity contribution in [2.24, 2.45) is 5.73 Å². The van der Waals surface area contributed by atoms with E-state index in [0.717, 1.165) is 32.7 Å². The Morgan fingerprint density at radius 1 is 1.36 bits per heavy atom. The summed E-state index contributed by atoms with van der Waals surface area (Å²) in [7, 11) is 0. The third kappa shape index (κ3) is 3.70. The fraction of sp³-hybridized carbons (Fsp3) is 1.00. The van der Waals surface area contributed by atoms with E-state index in [1.54, 1.807) is 0 Å². The smallest absolute Gasteiger partial charge is 0.0480 e. The lowest BCUT2D eigenvalue weighted by Gasteiger charge is -2.13. The van der Waals surface area contributed by atoms with Gasteiger partial charge in [-0.1, -0.05) is 0 Å². The van der Waals surface area contributed by atoms with Gasteiger partial charge in [0.05, 0.1) is 0 Å². The van der Waals surface area contributed by atoms with E-state index in [2.05, 4.69) is 5.32 Å². The van der Waals surface area contributed by atoms with Crippen LogP contribution in [-0.2, 0) is 4.74 Å². The normalized spacial score (nSPS) is 26.5. The van der Waals surface area contributed by atoms with Crippen molar-refractivity contribution < 1.29 is 4.74 Å². The van der Waals surface area contributed by atoms with Crippen molar-refractivity contribution in [2.75, 3.05) is 26.3 Å². The molecule has 3 heteroatoms. The van der Waals surface area contributed by atoms with Gasteiger partial charge in [-0.3, -0.25) is 0 Å². The van der Waals surface area contributed by atoms with Gasteiger partial charge in [0.15, 0.2) is 0 Å². The number of rotatable bonds is 3. The molecule has 1 unspecified atom stereocenters. The van der Waals surface area contributed by atoms with Crippen LogP contribution in [-0.4, -0.2) is 32.3 Å². The van der Waals surface area contributed by atoms with Gasteiger partial charge in [0, 0.05) is 32.3 Å². The summed E-state index contributed by atoms with van der Waals surface area (Å²) in [6.07, 6.45) is 3.56. The summed E-state index contributed by atoms with van der Waals surface area (Å²) in [6, 6.07) is 0.640. The third-order valence-electron chi connectivity index (χ3n) is 2.03. The molecule has 0 bridgehead atoms. The first-order valence-corrected chi connectivity index (χ1v) is 4.44. The molecule has 0 aromatic rings. The van der Waals surface area contributed by atoms with Crippen LogP contribution in [0.3, 0.4) is 0 Å². The van der Waals surface area contributed by atoms with Gasteiger partial charge in [-0.05, 0) is 19.3 Å². The van der Waals surface area contributed by atoms with E-state index in [-0.39, 0.29) is 0 Å². The van der Waals surface area contributed by atoms with Crippen LogP contribution < -0.4 is 11.1 Å². The Morgan fingerprint density at radius 2 is 2.27 bits per heavy atom. The summed E-state index contributed by atoms with van der Waals surface area (Å²) >= 11 is 0. The monoisotopic (exact) mass is 158 g/mol. The number of nitrogens with two attached hydrogens (primary N) is 1. The molecule has 0 saturated carbocycles. The molecule has 1 aliphatic rings. The first kappa shape index (κ1) is 8.97. The molecule has 11 heavy (non-hydrogen) atoms. The van der Waals surface area contributed by atoms with Crippen LogP contribution in [0.4, 0.5) is 0 Å². The van der Waals surface area contributed by atoms with Crippen molar-refractivity contribution in [2.45, 2.75) is 25.3 Å². The van der Waals surface area contributed by atoms with E-state index >= 15 is 0 Å². The number of hydrogen-bond acceptors (Lipinski definition) is 3. The standard InChI is InChI=1S/C8H18N2O/c9-4-5-10-8-2-1-6-11-7-3-8/h8,10H,1-7,9H2. The molecule has 0 spiro atoms. The predicted octanol–water partition coefficient (Wildman–Crippen LogP) is 0.104. The highest BCUT2D eigenvalue weighted by Gasteiger charge is 2.10. The summed E-state index contributed by atoms with van der Waals surface area (Å²) in [5.41, 5.74) is 5.39. The molecule has 1 rings (SSSR count). The van der Waals surface area contributed by atoms with Crippen molar-refractivity contribution in [3.05, 3.63) is 0 Å². The SMILES string of the molecule is NCCNC1CCCOCC1. The molecular weight excluding hydrogens is 140 g/mol. The van der Waals surface area contributed by atoms with E-state index in [1.807, 2.05) is 0 Å². The lowest BCUT2D eigenvalue weighted by molar-refractivity contribution is 0.142. The van der Waals surface area contributed by atoms with Crippen molar-refractivity contribution in [3.8, 4) is 0 Å². The molecule has 0 aromatic carbocycles. The molecular formula is C8H18N2O. The van der Waals surface area contributed by atoms with Crippen LogP contribution in [0.25, 0.3) is 0 Å². The average Bonchev–Trinajstić information content (AvgIpc) is 2.28. The maximum atomic E-state index is 5.39. The molecule has 1 atom stereocenters. The van der Waals surface area contributed by atoms with E-state index in [9.17, 15) is 0 Å². The van der Waals surface area contributed by atoms with Crippen molar-refractivity contribution in [3.63, 3.8) is 0 Å². The van der Waals surface area contributed by atoms with E-state index in [4.69, 9.17) is 10.5 Å². The maximum absolute atomic E-state index is 5.39. The molecule has 1 aliphatic heterocycles. The molecule has 66 valence electrons. The Labute approximate surface area is 68.3 Å². The van der Waals surface area contributed by atoms with Crippen molar-refractivity contribution >= 4 is 0 Å². The predicted molar refractivity (Wildman–Crippen MR) is 45.5 cm³/mol. The molecule has 1 fully saturated rings. The molecule has 3 nitrogen and oxygen atoms in total. The molecule has 3 N–H and O–H groups in total. The Balaban J connectivity index is 2.09. The Hall–Kier alpha value is -0.120. The Morgan fingerprint density at radius 3 is 3.09 bits per heavy atom.